The average molecular weight is 352 g/mol. The van der Waals surface area contributed by atoms with Gasteiger partial charge in [-0.2, -0.15) is 0 Å². The predicted molar refractivity (Wildman–Crippen MR) is 92.7 cm³/mol. The van der Waals surface area contributed by atoms with Crippen LogP contribution in [0.3, 0.4) is 0 Å². The summed E-state index contributed by atoms with van der Waals surface area (Å²) in [6.07, 6.45) is 1.62. The molecule has 2 aliphatic rings. The Morgan fingerprint density at radius 3 is 2.29 bits per heavy atom. The summed E-state index contributed by atoms with van der Waals surface area (Å²) in [7, 11) is -3.22. The van der Waals surface area contributed by atoms with Gasteiger partial charge >= 0.3 is 0 Å². The van der Waals surface area contributed by atoms with Gasteiger partial charge < -0.3 is 9.64 Å². The van der Waals surface area contributed by atoms with Crippen LogP contribution < -0.4 is 4.31 Å². The highest BCUT2D eigenvalue weighted by molar-refractivity contribution is 7.92. The average Bonchev–Trinajstić information content (AvgIpc) is 2.53. The first-order valence-electron chi connectivity index (χ1n) is 8.42. The molecule has 0 bridgehead atoms. The Balaban J connectivity index is 1.75. The van der Waals surface area contributed by atoms with Crippen LogP contribution >= 0.6 is 0 Å². The molecule has 1 amide bonds. The van der Waals surface area contributed by atoms with Crippen LogP contribution in [-0.2, 0) is 14.8 Å². The fraction of sp³-hybridized carbons (Fsp3) is 0.588. The fourth-order valence-corrected chi connectivity index (χ4v) is 5.01. The Morgan fingerprint density at radius 2 is 1.71 bits per heavy atom. The highest BCUT2D eigenvalue weighted by Gasteiger charge is 2.28. The van der Waals surface area contributed by atoms with Gasteiger partial charge in [0.15, 0.2) is 0 Å². The molecule has 2 aliphatic heterocycles. The largest absolute Gasteiger partial charge is 0.372 e. The van der Waals surface area contributed by atoms with E-state index >= 15 is 0 Å². The second kappa shape index (κ2) is 6.72. The summed E-state index contributed by atoms with van der Waals surface area (Å²) in [6.45, 7) is 5.57. The molecule has 0 spiro atoms. The molecular weight excluding hydrogens is 328 g/mol. The number of anilines is 1. The lowest BCUT2D eigenvalue weighted by molar-refractivity contribution is -0.0586. The van der Waals surface area contributed by atoms with Crippen molar-refractivity contribution in [2.24, 2.45) is 0 Å². The van der Waals surface area contributed by atoms with Gasteiger partial charge in [0.25, 0.3) is 5.91 Å². The van der Waals surface area contributed by atoms with Crippen molar-refractivity contribution in [3.63, 3.8) is 0 Å². The summed E-state index contributed by atoms with van der Waals surface area (Å²) in [4.78, 5) is 14.4. The second-order valence-electron chi connectivity index (χ2n) is 6.61. The first-order valence-corrected chi connectivity index (χ1v) is 10.0. The van der Waals surface area contributed by atoms with Crippen molar-refractivity contribution in [1.29, 1.82) is 0 Å². The molecule has 6 nitrogen and oxygen atoms in total. The van der Waals surface area contributed by atoms with E-state index in [0.717, 1.165) is 6.42 Å². The van der Waals surface area contributed by atoms with E-state index in [1.165, 1.54) is 4.31 Å². The van der Waals surface area contributed by atoms with Crippen LogP contribution in [0, 0.1) is 0 Å². The van der Waals surface area contributed by atoms with Crippen molar-refractivity contribution < 1.29 is 17.9 Å². The minimum atomic E-state index is -3.22. The molecule has 2 atom stereocenters. The molecule has 2 heterocycles. The summed E-state index contributed by atoms with van der Waals surface area (Å²) in [5.41, 5.74) is 1.21. The molecule has 1 aromatic rings. The van der Waals surface area contributed by atoms with Gasteiger partial charge in [-0.25, -0.2) is 8.42 Å². The molecule has 132 valence electrons. The van der Waals surface area contributed by atoms with Gasteiger partial charge in [0, 0.05) is 25.2 Å². The first kappa shape index (κ1) is 17.2. The van der Waals surface area contributed by atoms with Gasteiger partial charge in [0.2, 0.25) is 10.0 Å². The standard InChI is InChI=1S/C17H24N2O4S/c1-13-11-18(12-14(2)23-13)17(20)15-5-7-16(8-6-15)19-9-3-4-10-24(19,21)22/h5-8,13-14H,3-4,9-12H2,1-2H3/t13-,14+. The summed E-state index contributed by atoms with van der Waals surface area (Å²) in [5.74, 6) is 0.155. The normalized spacial score (nSPS) is 27.1. The summed E-state index contributed by atoms with van der Waals surface area (Å²) in [5, 5.41) is 0. The van der Waals surface area contributed by atoms with Crippen LogP contribution in [0.25, 0.3) is 0 Å². The maximum absolute atomic E-state index is 12.6. The number of benzene rings is 1. The van der Waals surface area contributed by atoms with Crippen LogP contribution in [0.5, 0.6) is 0 Å². The zero-order chi connectivity index (χ0) is 17.3. The molecule has 7 heteroatoms. The van der Waals surface area contributed by atoms with E-state index in [4.69, 9.17) is 4.74 Å². The summed E-state index contributed by atoms with van der Waals surface area (Å²) in [6, 6.07) is 6.88. The van der Waals surface area contributed by atoms with E-state index in [2.05, 4.69) is 0 Å². The SMILES string of the molecule is C[C@@H]1CN(C(=O)c2ccc(N3CCCCS3(=O)=O)cc2)C[C@H](C)O1. The van der Waals surface area contributed by atoms with Crippen molar-refractivity contribution in [3.8, 4) is 0 Å². The number of carbonyl (C=O) groups is 1. The Hall–Kier alpha value is -1.60. The molecule has 3 rings (SSSR count). The lowest BCUT2D eigenvalue weighted by atomic mass is 10.1. The molecule has 2 fully saturated rings. The molecule has 0 unspecified atom stereocenters. The van der Waals surface area contributed by atoms with E-state index < -0.39 is 10.0 Å². The maximum atomic E-state index is 12.6. The number of hydrogen-bond donors (Lipinski definition) is 0. The molecular formula is C17H24N2O4S. The lowest BCUT2D eigenvalue weighted by Gasteiger charge is -2.35. The van der Waals surface area contributed by atoms with E-state index in [-0.39, 0.29) is 23.9 Å². The van der Waals surface area contributed by atoms with Crippen LogP contribution in [0.4, 0.5) is 5.69 Å². The third kappa shape index (κ3) is 3.57. The zero-order valence-electron chi connectivity index (χ0n) is 14.1. The van der Waals surface area contributed by atoms with Crippen molar-refractivity contribution in [3.05, 3.63) is 29.8 Å². The van der Waals surface area contributed by atoms with Crippen molar-refractivity contribution in [2.45, 2.75) is 38.9 Å². The zero-order valence-corrected chi connectivity index (χ0v) is 15.0. The van der Waals surface area contributed by atoms with Crippen LogP contribution in [0.15, 0.2) is 24.3 Å². The number of amides is 1. The van der Waals surface area contributed by atoms with Crippen LogP contribution in [0.2, 0.25) is 0 Å². The van der Waals surface area contributed by atoms with Gasteiger partial charge in [-0.05, 0) is 51.0 Å². The highest BCUT2D eigenvalue weighted by atomic mass is 32.2. The first-order chi connectivity index (χ1) is 11.4. The second-order valence-corrected chi connectivity index (χ2v) is 8.62. The van der Waals surface area contributed by atoms with Gasteiger partial charge in [0.1, 0.15) is 0 Å². The molecule has 24 heavy (non-hydrogen) atoms. The number of morpholine rings is 1. The molecule has 2 saturated heterocycles. The van der Waals surface area contributed by atoms with E-state index in [1.54, 1.807) is 29.2 Å². The summed E-state index contributed by atoms with van der Waals surface area (Å²) >= 11 is 0. The van der Waals surface area contributed by atoms with Crippen molar-refractivity contribution in [2.75, 3.05) is 29.7 Å². The van der Waals surface area contributed by atoms with Gasteiger partial charge in [-0.1, -0.05) is 0 Å². The van der Waals surface area contributed by atoms with Gasteiger partial charge in [0.05, 0.1) is 23.6 Å². The molecule has 0 aliphatic carbocycles. The number of carbonyl (C=O) groups excluding carboxylic acids is 1. The van der Waals surface area contributed by atoms with E-state index in [0.29, 0.717) is 37.3 Å². The topological polar surface area (TPSA) is 66.9 Å². The Kier molecular flexibility index (Phi) is 4.83. The maximum Gasteiger partial charge on any atom is 0.254 e. The molecule has 0 saturated carbocycles. The molecule has 0 aromatic heterocycles. The molecule has 0 radical (unpaired) electrons. The Bertz CT molecular complexity index is 692. The van der Waals surface area contributed by atoms with Crippen LogP contribution in [-0.4, -0.2) is 56.8 Å². The number of ether oxygens (including phenoxy) is 1. The van der Waals surface area contributed by atoms with E-state index in [9.17, 15) is 13.2 Å². The van der Waals surface area contributed by atoms with E-state index in [1.807, 2.05) is 13.8 Å². The molecule has 0 N–H and O–H groups in total. The smallest absolute Gasteiger partial charge is 0.254 e. The number of nitrogens with zero attached hydrogens (tertiary/aromatic N) is 2. The van der Waals surface area contributed by atoms with Crippen molar-refractivity contribution >= 4 is 21.6 Å². The van der Waals surface area contributed by atoms with Crippen LogP contribution in [0.1, 0.15) is 37.0 Å². The predicted octanol–water partition coefficient (Wildman–Crippen LogP) is 1.87. The minimum absolute atomic E-state index is 0.0236. The highest BCUT2D eigenvalue weighted by Crippen LogP contribution is 2.24. The fourth-order valence-electron chi connectivity index (χ4n) is 3.38. The van der Waals surface area contributed by atoms with Crippen molar-refractivity contribution in [1.82, 2.24) is 4.90 Å². The monoisotopic (exact) mass is 352 g/mol. The lowest BCUT2D eigenvalue weighted by Crippen LogP contribution is -2.48. The quantitative estimate of drug-likeness (QED) is 0.815. The van der Waals surface area contributed by atoms with Gasteiger partial charge in [-0.3, -0.25) is 9.10 Å². The Morgan fingerprint density at radius 1 is 1.08 bits per heavy atom. The third-order valence-electron chi connectivity index (χ3n) is 4.46. The summed E-state index contributed by atoms with van der Waals surface area (Å²) < 4.78 is 31.4. The molecule has 1 aromatic carbocycles. The Labute approximate surface area is 143 Å². The van der Waals surface area contributed by atoms with Gasteiger partial charge in [-0.15, -0.1) is 0 Å². The minimum Gasteiger partial charge on any atom is -0.372 e. The number of sulfonamides is 1. The number of hydrogen-bond acceptors (Lipinski definition) is 4. The third-order valence-corrected chi connectivity index (χ3v) is 6.33. The number of rotatable bonds is 2.